The number of halogens is 3. The summed E-state index contributed by atoms with van der Waals surface area (Å²) in [5.41, 5.74) is -0.791. The van der Waals surface area contributed by atoms with Gasteiger partial charge in [-0.1, -0.05) is 6.07 Å². The molecule has 0 radical (unpaired) electrons. The van der Waals surface area contributed by atoms with Crippen molar-refractivity contribution in [3.63, 3.8) is 0 Å². The van der Waals surface area contributed by atoms with E-state index in [0.29, 0.717) is 0 Å². The van der Waals surface area contributed by atoms with Gasteiger partial charge in [-0.2, -0.15) is 0 Å². The lowest BCUT2D eigenvalue weighted by atomic mass is 9.85. The maximum Gasteiger partial charge on any atom is 0.573 e. The highest BCUT2D eigenvalue weighted by molar-refractivity contribution is 7.92. The van der Waals surface area contributed by atoms with Crippen LogP contribution in [0.4, 0.5) is 18.0 Å². The Morgan fingerprint density at radius 3 is 2.26 bits per heavy atom. The van der Waals surface area contributed by atoms with Crippen molar-refractivity contribution < 1.29 is 40.7 Å². The summed E-state index contributed by atoms with van der Waals surface area (Å²) in [6, 6.07) is 4.14. The summed E-state index contributed by atoms with van der Waals surface area (Å²) in [6.45, 7) is 7.80. The third-order valence-corrected chi connectivity index (χ3v) is 7.66. The van der Waals surface area contributed by atoms with Crippen molar-refractivity contribution in [2.75, 3.05) is 6.54 Å². The fourth-order valence-corrected chi connectivity index (χ4v) is 5.07. The number of nitrogens with zero attached hydrogens (tertiary/aromatic N) is 1. The number of alkyl halides is 3. The van der Waals surface area contributed by atoms with Gasteiger partial charge in [0.1, 0.15) is 11.4 Å². The number of sulfone groups is 1. The second-order valence-corrected chi connectivity index (χ2v) is 11.4. The Balaban J connectivity index is 2.23. The van der Waals surface area contributed by atoms with E-state index in [1.54, 1.807) is 20.8 Å². The minimum atomic E-state index is -4.96. The first kappa shape index (κ1) is 25.0. The molecule has 1 atom stereocenters. The summed E-state index contributed by atoms with van der Waals surface area (Å²) < 4.78 is 71.5. The van der Waals surface area contributed by atoms with Gasteiger partial charge < -0.3 is 9.47 Å². The van der Waals surface area contributed by atoms with Crippen LogP contribution in [0.1, 0.15) is 47.5 Å². The molecule has 1 aromatic carbocycles. The van der Waals surface area contributed by atoms with Crippen molar-refractivity contribution in [3.05, 3.63) is 24.3 Å². The first-order valence-corrected chi connectivity index (χ1v) is 11.1. The Morgan fingerprint density at radius 2 is 1.74 bits per heavy atom. The zero-order valence-corrected chi connectivity index (χ0v) is 18.8. The summed E-state index contributed by atoms with van der Waals surface area (Å²) in [6.07, 6.45) is -5.77. The molecule has 2 amide bonds. The molecule has 7 nitrogen and oxygen atoms in total. The molecule has 2 rings (SSSR count). The summed E-state index contributed by atoms with van der Waals surface area (Å²) in [7, 11) is -4.14. The van der Waals surface area contributed by atoms with Gasteiger partial charge in [-0.3, -0.25) is 4.79 Å². The maximum atomic E-state index is 13.2. The van der Waals surface area contributed by atoms with Crippen LogP contribution in [-0.4, -0.2) is 48.6 Å². The van der Waals surface area contributed by atoms with Crippen molar-refractivity contribution in [2.24, 2.45) is 5.92 Å². The molecule has 0 aromatic heterocycles. The molecule has 174 valence electrons. The summed E-state index contributed by atoms with van der Waals surface area (Å²) >= 11 is 0. The maximum absolute atomic E-state index is 13.2. The van der Waals surface area contributed by atoms with Gasteiger partial charge in [0.05, 0.1) is 9.64 Å². The summed E-state index contributed by atoms with van der Waals surface area (Å²) in [5.74, 6) is -1.88. The molecular weight excluding hydrogens is 439 g/mol. The van der Waals surface area contributed by atoms with E-state index in [1.807, 2.05) is 0 Å². The van der Waals surface area contributed by atoms with Crippen LogP contribution in [0.25, 0.3) is 0 Å². The predicted molar refractivity (Wildman–Crippen MR) is 105 cm³/mol. The highest BCUT2D eigenvalue weighted by atomic mass is 32.2. The smallest absolute Gasteiger partial charge is 0.443 e. The normalized spacial score (nSPS) is 18.6. The molecule has 0 spiro atoms. The second-order valence-electron chi connectivity index (χ2n) is 8.84. The molecule has 1 heterocycles. The zero-order chi connectivity index (χ0) is 23.8. The monoisotopic (exact) mass is 465 g/mol. The number of hydrogen-bond donors (Lipinski definition) is 0. The largest absolute Gasteiger partial charge is 0.573 e. The van der Waals surface area contributed by atoms with Crippen LogP contribution in [0, 0.1) is 5.92 Å². The Bertz CT molecular complexity index is 950. The van der Waals surface area contributed by atoms with Crippen LogP contribution in [-0.2, 0) is 19.4 Å². The van der Waals surface area contributed by atoms with E-state index in [-0.39, 0.29) is 24.3 Å². The lowest BCUT2D eigenvalue weighted by Crippen LogP contribution is -2.51. The highest BCUT2D eigenvalue weighted by Gasteiger charge is 2.47. The number of carbonyl (C=O) groups is 2. The third kappa shape index (κ3) is 5.90. The van der Waals surface area contributed by atoms with E-state index in [0.717, 1.165) is 23.1 Å². The van der Waals surface area contributed by atoms with Gasteiger partial charge in [0, 0.05) is 13.0 Å². The van der Waals surface area contributed by atoms with Gasteiger partial charge in [0.2, 0.25) is 5.91 Å². The molecule has 1 aliphatic rings. The first-order valence-electron chi connectivity index (χ1n) is 9.58. The number of amides is 2. The Morgan fingerprint density at radius 1 is 1.13 bits per heavy atom. The van der Waals surface area contributed by atoms with Gasteiger partial charge in [0.25, 0.3) is 0 Å². The molecule has 0 bridgehead atoms. The molecule has 1 unspecified atom stereocenters. The van der Waals surface area contributed by atoms with E-state index in [2.05, 4.69) is 4.74 Å². The summed E-state index contributed by atoms with van der Waals surface area (Å²) in [4.78, 5) is 25.3. The van der Waals surface area contributed by atoms with Crippen LogP contribution in [0.2, 0.25) is 0 Å². The average molecular weight is 465 g/mol. The number of benzene rings is 1. The fraction of sp³-hybridized carbons (Fsp3) is 0.600. The Kier molecular flexibility index (Phi) is 6.71. The number of imide groups is 1. The van der Waals surface area contributed by atoms with E-state index in [9.17, 15) is 31.2 Å². The predicted octanol–water partition coefficient (Wildman–Crippen LogP) is 4.31. The molecule has 11 heteroatoms. The third-order valence-electron chi connectivity index (χ3n) is 5.06. The van der Waals surface area contributed by atoms with Gasteiger partial charge in [-0.15, -0.1) is 13.2 Å². The van der Waals surface area contributed by atoms with E-state index < -0.39 is 50.2 Å². The van der Waals surface area contributed by atoms with Crippen LogP contribution >= 0.6 is 0 Å². The van der Waals surface area contributed by atoms with Gasteiger partial charge >= 0.3 is 12.5 Å². The molecule has 1 aliphatic heterocycles. The number of piperidine rings is 1. The first-order chi connectivity index (χ1) is 13.9. The highest BCUT2D eigenvalue weighted by Crippen LogP contribution is 2.39. The van der Waals surface area contributed by atoms with Gasteiger partial charge in [0.15, 0.2) is 9.84 Å². The summed E-state index contributed by atoms with van der Waals surface area (Å²) in [5, 5.41) is 0. The standard InChI is InChI=1S/C20H26F3NO6S/c1-18(2,3)30-17(26)24-10-9-13(11-16(24)25)19(4,5)31(27,28)15-8-6-7-14(12-15)29-20(21,22)23/h6-8,12-13H,9-11H2,1-5H3. The molecule has 0 aliphatic carbocycles. The minimum absolute atomic E-state index is 0.0193. The number of rotatable bonds is 4. The Hall–Kier alpha value is -2.30. The Labute approximate surface area is 179 Å². The average Bonchev–Trinajstić information content (AvgIpc) is 2.58. The molecule has 1 fully saturated rings. The second kappa shape index (κ2) is 8.33. The van der Waals surface area contributed by atoms with E-state index in [4.69, 9.17) is 4.74 Å². The lowest BCUT2D eigenvalue weighted by molar-refractivity contribution is -0.274. The van der Waals surface area contributed by atoms with Crippen LogP contribution in [0.3, 0.4) is 0 Å². The topological polar surface area (TPSA) is 90.0 Å². The van der Waals surface area contributed by atoms with Crippen molar-refractivity contribution in [3.8, 4) is 5.75 Å². The minimum Gasteiger partial charge on any atom is -0.443 e. The number of carbonyl (C=O) groups excluding carboxylic acids is 2. The van der Waals surface area contributed by atoms with Gasteiger partial charge in [-0.05, 0) is 65.2 Å². The number of hydrogen-bond acceptors (Lipinski definition) is 6. The van der Waals surface area contributed by atoms with Crippen molar-refractivity contribution in [2.45, 2.75) is 69.1 Å². The molecule has 31 heavy (non-hydrogen) atoms. The fourth-order valence-electron chi connectivity index (χ4n) is 3.30. The number of ether oxygens (including phenoxy) is 2. The zero-order valence-electron chi connectivity index (χ0n) is 17.9. The van der Waals surface area contributed by atoms with Gasteiger partial charge in [-0.25, -0.2) is 18.1 Å². The van der Waals surface area contributed by atoms with Crippen molar-refractivity contribution in [1.82, 2.24) is 4.90 Å². The molecule has 0 N–H and O–H groups in total. The quantitative estimate of drug-likeness (QED) is 0.658. The SMILES string of the molecule is CC(C)(C)OC(=O)N1CCC(C(C)(C)S(=O)(=O)c2cccc(OC(F)(F)F)c2)CC1=O. The molecular formula is C20H26F3NO6S. The molecule has 0 saturated carbocycles. The van der Waals surface area contributed by atoms with E-state index in [1.165, 1.54) is 19.9 Å². The lowest BCUT2D eigenvalue weighted by Gasteiger charge is -2.39. The van der Waals surface area contributed by atoms with Crippen molar-refractivity contribution in [1.29, 1.82) is 0 Å². The number of likely N-dealkylation sites (tertiary alicyclic amines) is 1. The van der Waals surface area contributed by atoms with Crippen LogP contribution in [0.5, 0.6) is 5.75 Å². The van der Waals surface area contributed by atoms with Crippen LogP contribution < -0.4 is 4.74 Å². The molecule has 1 aromatic rings. The van der Waals surface area contributed by atoms with E-state index >= 15 is 0 Å². The van der Waals surface area contributed by atoms with Crippen LogP contribution in [0.15, 0.2) is 29.2 Å². The molecule has 1 saturated heterocycles. The van der Waals surface area contributed by atoms with Crippen molar-refractivity contribution >= 4 is 21.8 Å².